The topological polar surface area (TPSA) is 83.9 Å². The Morgan fingerprint density at radius 1 is 1.17 bits per heavy atom. The third kappa shape index (κ3) is 4.25. The van der Waals surface area contributed by atoms with Crippen LogP contribution in [0.15, 0.2) is 24.4 Å². The molecule has 4 fully saturated rings. The summed E-state index contributed by atoms with van der Waals surface area (Å²) >= 11 is 6.73. The first-order valence-electron chi connectivity index (χ1n) is 12.9. The number of amides is 1. The van der Waals surface area contributed by atoms with Crippen molar-refractivity contribution in [2.45, 2.75) is 56.6 Å². The second-order valence-electron chi connectivity index (χ2n) is 11.2. The Morgan fingerprint density at radius 2 is 1.94 bits per heavy atom. The van der Waals surface area contributed by atoms with Crippen molar-refractivity contribution in [1.29, 1.82) is 0 Å². The summed E-state index contributed by atoms with van der Waals surface area (Å²) in [5.41, 5.74) is 0.993. The standard InChI is InChI=1S/C27H34ClN3O4/c1-26(16-35-15-23(26)32)31-6-2-17(3-7-31)20-10-18-12-24(29-14-19(18)11-22(20)28)30-25(33)21-13-27(21)4-8-34-9-5-27/h10-12,14,17,21,23,32H,2-9,13,15-16H2,1H3,(H,29,30,33)/t21-,23+,26-/m1/s1. The zero-order chi connectivity index (χ0) is 24.2. The molecule has 8 heteroatoms. The number of aliphatic hydroxyl groups is 1. The third-order valence-corrected chi connectivity index (χ3v) is 9.46. The molecular weight excluding hydrogens is 466 g/mol. The van der Waals surface area contributed by atoms with Crippen LogP contribution in [0, 0.1) is 11.3 Å². The summed E-state index contributed by atoms with van der Waals surface area (Å²) in [6.45, 7) is 6.41. The maximum absolute atomic E-state index is 12.9. The molecule has 35 heavy (non-hydrogen) atoms. The van der Waals surface area contributed by atoms with Gasteiger partial charge in [0.05, 0.1) is 24.9 Å². The molecule has 7 nitrogen and oxygen atoms in total. The number of fused-ring (bicyclic) bond motifs is 1. The summed E-state index contributed by atoms with van der Waals surface area (Å²) in [6.07, 6.45) is 6.22. The van der Waals surface area contributed by atoms with Crippen molar-refractivity contribution >= 4 is 34.1 Å². The molecule has 2 aromatic rings. The van der Waals surface area contributed by atoms with Crippen LogP contribution in [0.25, 0.3) is 10.8 Å². The minimum atomic E-state index is -0.443. The number of nitrogens with zero attached hydrogens (tertiary/aromatic N) is 2. The van der Waals surface area contributed by atoms with Crippen LogP contribution >= 0.6 is 11.6 Å². The van der Waals surface area contributed by atoms with Crippen LogP contribution in [0.4, 0.5) is 5.82 Å². The van der Waals surface area contributed by atoms with E-state index in [2.05, 4.69) is 28.2 Å². The molecule has 1 aromatic heterocycles. The predicted octanol–water partition coefficient (Wildman–Crippen LogP) is 3.97. The predicted molar refractivity (Wildman–Crippen MR) is 135 cm³/mol. The molecule has 2 N–H and O–H groups in total. The molecule has 0 unspecified atom stereocenters. The zero-order valence-corrected chi connectivity index (χ0v) is 21.0. The average Bonchev–Trinajstić information content (AvgIpc) is 3.44. The SMILES string of the molecule is C[C@@]1(N2CCC(c3cc4cc(NC(=O)[C@H]5CC56CCOCC6)ncc4cc3Cl)CC2)COC[C@@H]1O. The molecule has 4 aliphatic rings. The minimum absolute atomic E-state index is 0.0699. The van der Waals surface area contributed by atoms with Crippen molar-refractivity contribution in [1.82, 2.24) is 9.88 Å². The fourth-order valence-electron chi connectivity index (χ4n) is 6.48. The first-order chi connectivity index (χ1) is 16.9. The number of aromatic nitrogens is 1. The second-order valence-corrected chi connectivity index (χ2v) is 11.6. The van der Waals surface area contributed by atoms with Crippen LogP contribution in [0.3, 0.4) is 0 Å². The molecule has 0 radical (unpaired) electrons. The van der Waals surface area contributed by atoms with Gasteiger partial charge in [-0.3, -0.25) is 9.69 Å². The Balaban J connectivity index is 1.15. The zero-order valence-electron chi connectivity index (χ0n) is 20.3. The number of nitrogens with one attached hydrogen (secondary N) is 1. The number of ether oxygens (including phenoxy) is 2. The fourth-order valence-corrected chi connectivity index (χ4v) is 6.81. The normalized spacial score (nSPS) is 31.2. The molecule has 188 valence electrons. The lowest BCUT2D eigenvalue weighted by molar-refractivity contribution is -0.118. The van der Waals surface area contributed by atoms with E-state index in [0.29, 0.717) is 24.9 Å². The van der Waals surface area contributed by atoms with Crippen molar-refractivity contribution in [2.24, 2.45) is 11.3 Å². The summed E-state index contributed by atoms with van der Waals surface area (Å²) in [5, 5.41) is 16.3. The first kappa shape index (κ1) is 23.6. The third-order valence-electron chi connectivity index (χ3n) is 9.13. The number of rotatable bonds is 4. The monoisotopic (exact) mass is 499 g/mol. The highest BCUT2D eigenvalue weighted by molar-refractivity contribution is 6.32. The number of carbonyl (C=O) groups is 1. The highest BCUT2D eigenvalue weighted by Gasteiger charge is 2.58. The molecule has 0 bridgehead atoms. The van der Waals surface area contributed by atoms with Crippen LogP contribution in [-0.2, 0) is 14.3 Å². The number of carbonyl (C=O) groups excluding carboxylic acids is 1. The molecule has 3 saturated heterocycles. The number of anilines is 1. The average molecular weight is 500 g/mol. The highest BCUT2D eigenvalue weighted by atomic mass is 35.5. The van der Waals surface area contributed by atoms with Gasteiger partial charge in [-0.25, -0.2) is 4.98 Å². The number of hydrogen-bond donors (Lipinski definition) is 2. The van der Waals surface area contributed by atoms with E-state index in [-0.39, 0.29) is 22.8 Å². The minimum Gasteiger partial charge on any atom is -0.389 e. The van der Waals surface area contributed by atoms with Gasteiger partial charge in [0.2, 0.25) is 5.91 Å². The first-order valence-corrected chi connectivity index (χ1v) is 13.2. The van der Waals surface area contributed by atoms with E-state index in [1.165, 1.54) is 0 Å². The number of likely N-dealkylation sites (tertiary alicyclic amines) is 1. The fraction of sp³-hybridized carbons (Fsp3) is 0.630. The number of aliphatic hydroxyl groups excluding tert-OH is 1. The number of hydrogen-bond acceptors (Lipinski definition) is 6. The lowest BCUT2D eigenvalue weighted by Gasteiger charge is -2.43. The molecule has 3 atom stereocenters. The number of pyridine rings is 1. The molecule has 1 saturated carbocycles. The quantitative estimate of drug-likeness (QED) is 0.662. The largest absolute Gasteiger partial charge is 0.389 e. The van der Waals surface area contributed by atoms with Crippen LogP contribution in [0.5, 0.6) is 0 Å². The van der Waals surface area contributed by atoms with Gasteiger partial charge in [0.25, 0.3) is 0 Å². The van der Waals surface area contributed by atoms with Crippen molar-refractivity contribution in [2.75, 3.05) is 44.8 Å². The van der Waals surface area contributed by atoms with Gasteiger partial charge in [0.15, 0.2) is 0 Å². The second kappa shape index (κ2) is 8.96. The molecule has 1 aliphatic carbocycles. The molecule has 6 rings (SSSR count). The van der Waals surface area contributed by atoms with Gasteiger partial charge in [-0.1, -0.05) is 11.6 Å². The van der Waals surface area contributed by atoms with Gasteiger partial charge in [0.1, 0.15) is 5.82 Å². The molecule has 1 spiro atoms. The van der Waals surface area contributed by atoms with Crippen LogP contribution in [0.2, 0.25) is 5.02 Å². The van der Waals surface area contributed by atoms with E-state index in [1.54, 1.807) is 6.20 Å². The smallest absolute Gasteiger partial charge is 0.229 e. The lowest BCUT2D eigenvalue weighted by Crippen LogP contribution is -2.56. The lowest BCUT2D eigenvalue weighted by atomic mass is 9.85. The van der Waals surface area contributed by atoms with E-state index in [1.807, 2.05) is 12.1 Å². The van der Waals surface area contributed by atoms with E-state index < -0.39 is 6.10 Å². The number of halogens is 1. The van der Waals surface area contributed by atoms with Gasteiger partial charge in [-0.05, 0) is 92.6 Å². The van der Waals surface area contributed by atoms with Gasteiger partial charge >= 0.3 is 0 Å². The van der Waals surface area contributed by atoms with Crippen molar-refractivity contribution < 1.29 is 19.4 Å². The van der Waals surface area contributed by atoms with Gasteiger partial charge in [-0.15, -0.1) is 0 Å². The highest BCUT2D eigenvalue weighted by Crippen LogP contribution is 2.59. The van der Waals surface area contributed by atoms with Crippen LogP contribution in [0.1, 0.15) is 50.5 Å². The Hall–Kier alpha value is -1.77. The summed E-state index contributed by atoms with van der Waals surface area (Å²) in [6, 6.07) is 6.13. The van der Waals surface area contributed by atoms with Crippen molar-refractivity contribution in [3.05, 3.63) is 35.0 Å². The summed E-state index contributed by atoms with van der Waals surface area (Å²) in [4.78, 5) is 19.8. The van der Waals surface area contributed by atoms with E-state index >= 15 is 0 Å². The molecule has 4 heterocycles. The van der Waals surface area contributed by atoms with E-state index in [9.17, 15) is 9.90 Å². The Bertz CT molecular complexity index is 1130. The van der Waals surface area contributed by atoms with Crippen molar-refractivity contribution in [3.63, 3.8) is 0 Å². The Labute approximate surface area is 211 Å². The Kier molecular flexibility index (Phi) is 6.05. The van der Waals surface area contributed by atoms with Crippen LogP contribution < -0.4 is 5.32 Å². The molecular formula is C27H34ClN3O4. The maximum atomic E-state index is 12.9. The molecule has 1 amide bonds. The van der Waals surface area contributed by atoms with E-state index in [4.69, 9.17) is 21.1 Å². The van der Waals surface area contributed by atoms with E-state index in [0.717, 1.165) is 79.8 Å². The molecule has 1 aromatic carbocycles. The summed E-state index contributed by atoms with van der Waals surface area (Å²) in [7, 11) is 0. The summed E-state index contributed by atoms with van der Waals surface area (Å²) in [5.74, 6) is 1.10. The number of piperidine rings is 1. The van der Waals surface area contributed by atoms with Crippen LogP contribution in [-0.4, -0.2) is 72.1 Å². The van der Waals surface area contributed by atoms with Gasteiger partial charge in [-0.2, -0.15) is 0 Å². The maximum Gasteiger partial charge on any atom is 0.229 e. The Morgan fingerprint density at radius 3 is 2.66 bits per heavy atom. The summed E-state index contributed by atoms with van der Waals surface area (Å²) < 4.78 is 11.0. The molecule has 3 aliphatic heterocycles. The van der Waals surface area contributed by atoms with Crippen molar-refractivity contribution in [3.8, 4) is 0 Å². The van der Waals surface area contributed by atoms with Gasteiger partial charge < -0.3 is 19.9 Å². The number of benzene rings is 1. The van der Waals surface area contributed by atoms with Gasteiger partial charge in [0, 0.05) is 35.7 Å².